The SMILES string of the molecule is CC(=O)OC[C@@H]1O[C@H](N2CCC(=O)NC2=O)[C@H](OC(C)=O)[C@H]1OC(C)=O. The molecular weight excluding hydrogens is 352 g/mol. The van der Waals surface area contributed by atoms with Crippen LogP contribution in [0.5, 0.6) is 0 Å². The fraction of sp³-hybridized carbons (Fsp3) is 0.667. The monoisotopic (exact) mass is 372 g/mol. The molecule has 11 nitrogen and oxygen atoms in total. The smallest absolute Gasteiger partial charge is 0.326 e. The number of hydrogen-bond donors (Lipinski definition) is 1. The highest BCUT2D eigenvalue weighted by Crippen LogP contribution is 2.30. The number of nitrogens with one attached hydrogen (secondary N) is 1. The van der Waals surface area contributed by atoms with E-state index >= 15 is 0 Å². The number of carbonyl (C=O) groups is 5. The molecule has 2 aliphatic heterocycles. The molecule has 0 bridgehead atoms. The number of imide groups is 1. The van der Waals surface area contributed by atoms with Gasteiger partial charge in [0, 0.05) is 33.7 Å². The van der Waals surface area contributed by atoms with Crippen LogP contribution in [0, 0.1) is 0 Å². The van der Waals surface area contributed by atoms with E-state index in [1.54, 1.807) is 0 Å². The number of urea groups is 1. The van der Waals surface area contributed by atoms with Gasteiger partial charge in [0.05, 0.1) is 0 Å². The summed E-state index contributed by atoms with van der Waals surface area (Å²) in [6.07, 6.45) is -4.27. The van der Waals surface area contributed by atoms with Crippen molar-refractivity contribution in [1.29, 1.82) is 0 Å². The molecule has 0 aromatic carbocycles. The lowest BCUT2D eigenvalue weighted by Gasteiger charge is -2.34. The van der Waals surface area contributed by atoms with Crippen molar-refractivity contribution in [2.45, 2.75) is 51.7 Å². The van der Waals surface area contributed by atoms with Gasteiger partial charge in [-0.05, 0) is 0 Å². The summed E-state index contributed by atoms with van der Waals surface area (Å²) in [5, 5.41) is 2.14. The lowest BCUT2D eigenvalue weighted by Crippen LogP contribution is -2.57. The van der Waals surface area contributed by atoms with Crippen LogP contribution >= 0.6 is 0 Å². The molecule has 2 aliphatic rings. The van der Waals surface area contributed by atoms with E-state index in [0.29, 0.717) is 0 Å². The zero-order chi connectivity index (χ0) is 19.4. The minimum absolute atomic E-state index is 0.0280. The van der Waals surface area contributed by atoms with Crippen LogP contribution < -0.4 is 5.32 Å². The quantitative estimate of drug-likeness (QED) is 0.479. The predicted octanol–water partition coefficient (Wildman–Crippen LogP) is -0.920. The first-order valence-electron chi connectivity index (χ1n) is 7.92. The molecule has 0 spiro atoms. The van der Waals surface area contributed by atoms with Crippen molar-refractivity contribution >= 4 is 29.8 Å². The van der Waals surface area contributed by atoms with E-state index in [-0.39, 0.29) is 19.6 Å². The van der Waals surface area contributed by atoms with Crippen molar-refractivity contribution < 1.29 is 42.9 Å². The number of esters is 3. The molecule has 0 unspecified atom stereocenters. The molecule has 0 aromatic rings. The molecule has 144 valence electrons. The molecule has 0 saturated carbocycles. The molecule has 2 saturated heterocycles. The summed E-state index contributed by atoms with van der Waals surface area (Å²) in [6.45, 7) is 3.27. The van der Waals surface area contributed by atoms with Crippen molar-refractivity contribution in [2.24, 2.45) is 0 Å². The molecule has 0 aromatic heterocycles. The highest BCUT2D eigenvalue weighted by molar-refractivity contribution is 5.96. The van der Waals surface area contributed by atoms with Gasteiger partial charge in [-0.2, -0.15) is 0 Å². The Bertz CT molecular complexity index is 620. The third-order valence-corrected chi connectivity index (χ3v) is 3.73. The number of ether oxygens (including phenoxy) is 4. The third-order valence-electron chi connectivity index (χ3n) is 3.73. The first-order valence-corrected chi connectivity index (χ1v) is 7.92. The van der Waals surface area contributed by atoms with Crippen molar-refractivity contribution in [2.75, 3.05) is 13.2 Å². The third kappa shape index (κ3) is 4.69. The van der Waals surface area contributed by atoms with Gasteiger partial charge in [-0.15, -0.1) is 0 Å². The molecular formula is C15H20N2O9. The Morgan fingerprint density at radius 1 is 1.08 bits per heavy atom. The number of carbonyl (C=O) groups excluding carboxylic acids is 5. The average molecular weight is 372 g/mol. The molecule has 11 heteroatoms. The maximum Gasteiger partial charge on any atom is 0.326 e. The Morgan fingerprint density at radius 2 is 1.69 bits per heavy atom. The summed E-state index contributed by atoms with van der Waals surface area (Å²) in [7, 11) is 0. The zero-order valence-corrected chi connectivity index (χ0v) is 14.6. The summed E-state index contributed by atoms with van der Waals surface area (Å²) >= 11 is 0. The van der Waals surface area contributed by atoms with Gasteiger partial charge in [0.1, 0.15) is 12.7 Å². The molecule has 0 radical (unpaired) electrons. The topological polar surface area (TPSA) is 138 Å². The number of hydrogen-bond acceptors (Lipinski definition) is 9. The summed E-state index contributed by atoms with van der Waals surface area (Å²) in [5.41, 5.74) is 0. The van der Waals surface area contributed by atoms with Crippen molar-refractivity contribution in [3.8, 4) is 0 Å². The number of rotatable bonds is 5. The molecule has 26 heavy (non-hydrogen) atoms. The summed E-state index contributed by atoms with van der Waals surface area (Å²) in [5.74, 6) is -2.37. The molecule has 4 atom stereocenters. The van der Waals surface area contributed by atoms with Gasteiger partial charge in [0.25, 0.3) is 0 Å². The first-order chi connectivity index (χ1) is 12.2. The zero-order valence-electron chi connectivity index (χ0n) is 14.6. The summed E-state index contributed by atoms with van der Waals surface area (Å²) in [6, 6.07) is -0.724. The normalized spacial score (nSPS) is 28.3. The van der Waals surface area contributed by atoms with Crippen molar-refractivity contribution in [1.82, 2.24) is 10.2 Å². The second-order valence-electron chi connectivity index (χ2n) is 5.81. The Kier molecular flexibility index (Phi) is 6.14. The van der Waals surface area contributed by atoms with E-state index in [4.69, 9.17) is 18.9 Å². The van der Waals surface area contributed by atoms with Gasteiger partial charge in [-0.1, -0.05) is 0 Å². The van der Waals surface area contributed by atoms with Crippen LogP contribution in [0.15, 0.2) is 0 Å². The molecule has 0 aliphatic carbocycles. The van der Waals surface area contributed by atoms with E-state index in [9.17, 15) is 24.0 Å². The van der Waals surface area contributed by atoms with E-state index in [1.807, 2.05) is 0 Å². The second-order valence-corrected chi connectivity index (χ2v) is 5.81. The fourth-order valence-electron chi connectivity index (χ4n) is 2.76. The first kappa shape index (κ1) is 19.6. The minimum atomic E-state index is -1.14. The van der Waals surface area contributed by atoms with Gasteiger partial charge in [-0.25, -0.2) is 4.79 Å². The Balaban J connectivity index is 2.27. The molecule has 1 N–H and O–H groups in total. The molecule has 3 amide bonds. The van der Waals surface area contributed by atoms with Crippen LogP contribution in [0.1, 0.15) is 27.2 Å². The van der Waals surface area contributed by atoms with E-state index in [1.165, 1.54) is 11.8 Å². The van der Waals surface area contributed by atoms with E-state index in [0.717, 1.165) is 13.8 Å². The van der Waals surface area contributed by atoms with Crippen molar-refractivity contribution in [3.63, 3.8) is 0 Å². The van der Waals surface area contributed by atoms with Crippen molar-refractivity contribution in [3.05, 3.63) is 0 Å². The number of amides is 3. The van der Waals surface area contributed by atoms with Crippen LogP contribution in [0.2, 0.25) is 0 Å². The second kappa shape index (κ2) is 8.13. The maximum atomic E-state index is 12.1. The predicted molar refractivity (Wildman–Crippen MR) is 81.3 cm³/mol. The minimum Gasteiger partial charge on any atom is -0.463 e. The Hall–Kier alpha value is -2.69. The molecule has 2 fully saturated rings. The average Bonchev–Trinajstić information content (AvgIpc) is 2.82. The molecule has 2 heterocycles. The lowest BCUT2D eigenvalue weighted by atomic mass is 10.1. The van der Waals surface area contributed by atoms with E-state index < -0.39 is 54.4 Å². The highest BCUT2D eigenvalue weighted by atomic mass is 16.7. The van der Waals surface area contributed by atoms with Crippen LogP contribution in [0.4, 0.5) is 4.79 Å². The van der Waals surface area contributed by atoms with Gasteiger partial charge < -0.3 is 18.9 Å². The Labute approximate surface area is 148 Å². The standard InChI is InChI=1S/C15H20N2O9/c1-7(18)23-6-10-12(24-8(2)19)13(25-9(3)20)14(26-10)17-5-4-11(21)16-15(17)22/h10,12-14H,4-6H2,1-3H3,(H,16,21,22)/t10-,12-,13+,14-/m0/s1. The van der Waals surface area contributed by atoms with Gasteiger partial charge in [0.2, 0.25) is 5.91 Å². The number of nitrogens with zero attached hydrogens (tertiary/aromatic N) is 1. The highest BCUT2D eigenvalue weighted by Gasteiger charge is 2.53. The largest absolute Gasteiger partial charge is 0.463 e. The Morgan fingerprint density at radius 3 is 2.23 bits per heavy atom. The van der Waals surface area contributed by atoms with Crippen LogP contribution in [-0.4, -0.2) is 72.4 Å². The van der Waals surface area contributed by atoms with Gasteiger partial charge in [0.15, 0.2) is 18.4 Å². The maximum absolute atomic E-state index is 12.1. The van der Waals surface area contributed by atoms with Crippen LogP contribution in [0.25, 0.3) is 0 Å². The van der Waals surface area contributed by atoms with Crippen LogP contribution in [0.3, 0.4) is 0 Å². The summed E-state index contributed by atoms with van der Waals surface area (Å²) < 4.78 is 21.0. The van der Waals surface area contributed by atoms with Gasteiger partial charge >= 0.3 is 23.9 Å². The van der Waals surface area contributed by atoms with Gasteiger partial charge in [-0.3, -0.25) is 29.4 Å². The molecule has 2 rings (SSSR count). The fourth-order valence-corrected chi connectivity index (χ4v) is 2.76. The van der Waals surface area contributed by atoms with E-state index in [2.05, 4.69) is 5.32 Å². The lowest BCUT2D eigenvalue weighted by molar-refractivity contribution is -0.167. The summed E-state index contributed by atoms with van der Waals surface area (Å²) in [4.78, 5) is 58.6. The van der Waals surface area contributed by atoms with Crippen LogP contribution in [-0.2, 0) is 38.1 Å².